The number of nitrogens with one attached hydrogen (secondary N) is 2. The predicted octanol–water partition coefficient (Wildman–Crippen LogP) is 3.20. The van der Waals surface area contributed by atoms with E-state index in [1.807, 2.05) is 19.1 Å². The minimum absolute atomic E-state index is 0.274. The van der Waals surface area contributed by atoms with E-state index in [1.54, 1.807) is 18.2 Å². The molecule has 122 valence electrons. The molecule has 23 heavy (non-hydrogen) atoms. The van der Waals surface area contributed by atoms with E-state index in [0.29, 0.717) is 29.7 Å². The summed E-state index contributed by atoms with van der Waals surface area (Å²) in [5, 5.41) is 5.98. The molecule has 1 heterocycles. The molecule has 6 nitrogen and oxygen atoms in total. The molecule has 1 amide bonds. The van der Waals surface area contributed by atoms with Crippen molar-refractivity contribution in [2.24, 2.45) is 5.92 Å². The van der Waals surface area contributed by atoms with Crippen molar-refractivity contribution in [2.45, 2.75) is 20.8 Å². The fourth-order valence-corrected chi connectivity index (χ4v) is 1.88. The summed E-state index contributed by atoms with van der Waals surface area (Å²) in [5.74, 6) is 1.63. The van der Waals surface area contributed by atoms with E-state index in [1.165, 1.54) is 6.33 Å². The van der Waals surface area contributed by atoms with Gasteiger partial charge in [-0.3, -0.25) is 4.79 Å². The molecular weight excluding hydrogens is 292 g/mol. The second-order valence-corrected chi connectivity index (χ2v) is 5.47. The molecule has 0 bridgehead atoms. The number of hydrogen-bond donors (Lipinski definition) is 2. The Labute approximate surface area is 136 Å². The molecule has 2 rings (SSSR count). The number of ether oxygens (including phenoxy) is 1. The number of amides is 1. The van der Waals surface area contributed by atoms with Gasteiger partial charge < -0.3 is 15.4 Å². The smallest absolute Gasteiger partial charge is 0.274 e. The summed E-state index contributed by atoms with van der Waals surface area (Å²) >= 11 is 0. The fourth-order valence-electron chi connectivity index (χ4n) is 1.88. The van der Waals surface area contributed by atoms with E-state index >= 15 is 0 Å². The highest BCUT2D eigenvalue weighted by molar-refractivity contribution is 6.03. The van der Waals surface area contributed by atoms with Crippen LogP contribution in [-0.4, -0.2) is 29.0 Å². The van der Waals surface area contributed by atoms with Crippen LogP contribution in [0.4, 0.5) is 11.5 Å². The van der Waals surface area contributed by atoms with Gasteiger partial charge in [0, 0.05) is 18.3 Å². The highest BCUT2D eigenvalue weighted by Gasteiger charge is 2.09. The Morgan fingerprint density at radius 2 is 1.96 bits per heavy atom. The third kappa shape index (κ3) is 5.25. The normalized spacial score (nSPS) is 10.4. The van der Waals surface area contributed by atoms with Crippen molar-refractivity contribution >= 4 is 17.4 Å². The van der Waals surface area contributed by atoms with Crippen molar-refractivity contribution in [3.8, 4) is 5.75 Å². The molecule has 0 aliphatic rings. The van der Waals surface area contributed by atoms with Gasteiger partial charge in [-0.15, -0.1) is 0 Å². The molecule has 0 saturated carbocycles. The summed E-state index contributed by atoms with van der Waals surface area (Å²) in [6, 6.07) is 8.86. The Hall–Kier alpha value is -2.63. The third-order valence-corrected chi connectivity index (χ3v) is 3.01. The number of nitrogens with zero attached hydrogens (tertiary/aromatic N) is 2. The van der Waals surface area contributed by atoms with E-state index in [2.05, 4.69) is 34.4 Å². The van der Waals surface area contributed by atoms with Crippen molar-refractivity contribution in [2.75, 3.05) is 23.8 Å². The van der Waals surface area contributed by atoms with Crippen molar-refractivity contribution in [3.05, 3.63) is 42.4 Å². The molecule has 2 N–H and O–H groups in total. The number of benzene rings is 1. The largest absolute Gasteiger partial charge is 0.494 e. The van der Waals surface area contributed by atoms with E-state index in [-0.39, 0.29) is 5.91 Å². The SMILES string of the molecule is CCOc1ccc(NC(=O)c2cc(NCC(C)C)ncn2)cc1. The molecule has 0 unspecified atom stereocenters. The summed E-state index contributed by atoms with van der Waals surface area (Å²) in [6.07, 6.45) is 1.38. The van der Waals surface area contributed by atoms with Crippen LogP contribution in [-0.2, 0) is 0 Å². The summed E-state index contributed by atoms with van der Waals surface area (Å²) in [4.78, 5) is 20.4. The van der Waals surface area contributed by atoms with E-state index < -0.39 is 0 Å². The van der Waals surface area contributed by atoms with Crippen LogP contribution in [0.15, 0.2) is 36.7 Å². The first-order valence-corrected chi connectivity index (χ1v) is 7.68. The molecule has 2 aromatic rings. The summed E-state index contributed by atoms with van der Waals surface area (Å²) < 4.78 is 5.37. The van der Waals surface area contributed by atoms with E-state index in [4.69, 9.17) is 4.74 Å². The van der Waals surface area contributed by atoms with Gasteiger partial charge >= 0.3 is 0 Å². The molecule has 6 heteroatoms. The quantitative estimate of drug-likeness (QED) is 0.821. The summed E-state index contributed by atoms with van der Waals surface area (Å²) in [6.45, 7) is 7.53. The average molecular weight is 314 g/mol. The van der Waals surface area contributed by atoms with Crippen LogP contribution < -0.4 is 15.4 Å². The highest BCUT2D eigenvalue weighted by atomic mass is 16.5. The first-order chi connectivity index (χ1) is 11.1. The standard InChI is InChI=1S/C17H22N4O2/c1-4-23-14-7-5-13(6-8-14)21-17(22)15-9-16(20-11-19-15)18-10-12(2)3/h5-9,11-12H,4,10H2,1-3H3,(H,21,22)(H,18,19,20). The lowest BCUT2D eigenvalue weighted by Gasteiger charge is -2.09. The van der Waals surface area contributed by atoms with Gasteiger partial charge in [0.15, 0.2) is 0 Å². The van der Waals surface area contributed by atoms with Gasteiger partial charge in [-0.2, -0.15) is 0 Å². The first-order valence-electron chi connectivity index (χ1n) is 7.68. The van der Waals surface area contributed by atoms with Gasteiger partial charge in [0.25, 0.3) is 5.91 Å². The number of hydrogen-bond acceptors (Lipinski definition) is 5. The summed E-state index contributed by atoms with van der Waals surface area (Å²) in [5.41, 5.74) is 1.01. The van der Waals surface area contributed by atoms with Crippen LogP contribution in [0.2, 0.25) is 0 Å². The molecule has 0 spiro atoms. The second-order valence-electron chi connectivity index (χ2n) is 5.47. The van der Waals surface area contributed by atoms with Crippen molar-refractivity contribution < 1.29 is 9.53 Å². The number of carbonyl (C=O) groups excluding carboxylic acids is 1. The van der Waals surface area contributed by atoms with Crippen molar-refractivity contribution in [1.82, 2.24) is 9.97 Å². The van der Waals surface area contributed by atoms with Crippen LogP contribution in [0, 0.1) is 5.92 Å². The molecule has 0 aliphatic heterocycles. The second kappa shape index (κ2) is 8.12. The van der Waals surface area contributed by atoms with Gasteiger partial charge in [-0.25, -0.2) is 9.97 Å². The Morgan fingerprint density at radius 1 is 1.22 bits per heavy atom. The Bertz CT molecular complexity index is 641. The third-order valence-electron chi connectivity index (χ3n) is 3.01. The number of aromatic nitrogens is 2. The van der Waals surface area contributed by atoms with E-state index in [9.17, 15) is 4.79 Å². The lowest BCUT2D eigenvalue weighted by molar-refractivity contribution is 0.102. The maximum absolute atomic E-state index is 12.3. The van der Waals surface area contributed by atoms with Crippen molar-refractivity contribution in [3.63, 3.8) is 0 Å². The molecular formula is C17H22N4O2. The first kappa shape index (κ1) is 16.7. The molecule has 0 radical (unpaired) electrons. The molecule has 0 aliphatic carbocycles. The van der Waals surface area contributed by atoms with Crippen LogP contribution in [0.5, 0.6) is 5.75 Å². The molecule has 1 aromatic heterocycles. The van der Waals surface area contributed by atoms with E-state index in [0.717, 1.165) is 12.3 Å². The molecule has 0 atom stereocenters. The van der Waals surface area contributed by atoms with Crippen LogP contribution in [0.3, 0.4) is 0 Å². The minimum atomic E-state index is -0.274. The average Bonchev–Trinajstić information content (AvgIpc) is 2.55. The molecule has 1 aromatic carbocycles. The number of carbonyl (C=O) groups is 1. The fraction of sp³-hybridized carbons (Fsp3) is 0.353. The lowest BCUT2D eigenvalue weighted by Crippen LogP contribution is -2.15. The van der Waals surface area contributed by atoms with Gasteiger partial charge in [-0.1, -0.05) is 13.8 Å². The van der Waals surface area contributed by atoms with Gasteiger partial charge in [0.2, 0.25) is 0 Å². The molecule has 0 saturated heterocycles. The number of rotatable bonds is 7. The van der Waals surface area contributed by atoms with Gasteiger partial charge in [0.05, 0.1) is 6.61 Å². The van der Waals surface area contributed by atoms with Crippen molar-refractivity contribution in [1.29, 1.82) is 0 Å². The maximum Gasteiger partial charge on any atom is 0.274 e. The van der Waals surface area contributed by atoms with Crippen LogP contribution >= 0.6 is 0 Å². The van der Waals surface area contributed by atoms with Gasteiger partial charge in [-0.05, 0) is 37.1 Å². The Kier molecular flexibility index (Phi) is 5.91. The monoisotopic (exact) mass is 314 g/mol. The Morgan fingerprint density at radius 3 is 2.61 bits per heavy atom. The Balaban J connectivity index is 2.01. The predicted molar refractivity (Wildman–Crippen MR) is 90.9 cm³/mol. The zero-order valence-corrected chi connectivity index (χ0v) is 13.7. The summed E-state index contributed by atoms with van der Waals surface area (Å²) in [7, 11) is 0. The minimum Gasteiger partial charge on any atom is -0.494 e. The lowest BCUT2D eigenvalue weighted by atomic mass is 10.2. The number of anilines is 2. The highest BCUT2D eigenvalue weighted by Crippen LogP contribution is 2.16. The molecule has 0 fully saturated rings. The van der Waals surface area contributed by atoms with Crippen LogP contribution in [0.1, 0.15) is 31.3 Å². The zero-order valence-electron chi connectivity index (χ0n) is 13.7. The maximum atomic E-state index is 12.3. The van der Waals surface area contributed by atoms with Crippen LogP contribution in [0.25, 0.3) is 0 Å². The topological polar surface area (TPSA) is 76.1 Å². The van der Waals surface area contributed by atoms with Gasteiger partial charge in [0.1, 0.15) is 23.6 Å². The zero-order chi connectivity index (χ0) is 16.7.